The molecule has 0 aliphatic carbocycles. The number of carbonyl (C=O) groups excluding carboxylic acids is 4. The van der Waals surface area contributed by atoms with E-state index < -0.39 is 5.97 Å². The predicted molar refractivity (Wildman–Crippen MR) is 278 cm³/mol. The molecule has 0 atom stereocenters. The summed E-state index contributed by atoms with van der Waals surface area (Å²) in [5.41, 5.74) is 24.1. The number of esters is 1. The SMILES string of the molecule is CCOC(=O)Cc1c(Cl)nc(N)nc1Cl.NCC1CCOCC1.Nc1nc(Cl)c2c(n1)N(CC1CCOCC1)C(=O)/C2=C\c1ncc[nH]1.Nc1nc(Cl)c2c(n1)N(CC1CCOCC1)C(=O)C2.O=Cc1ncc[nH]1. The van der Waals surface area contributed by atoms with E-state index >= 15 is 0 Å². The first-order chi connectivity index (χ1) is 35.7. The molecule has 74 heavy (non-hydrogen) atoms. The lowest BCUT2D eigenvalue weighted by molar-refractivity contribution is -0.142. The second-order valence-corrected chi connectivity index (χ2v) is 18.4. The molecule has 0 unspecified atom stereocenters. The van der Waals surface area contributed by atoms with Crippen LogP contribution in [0.1, 0.15) is 78.6 Å². The molecule has 0 bridgehead atoms. The molecule has 2 amide bonds. The van der Waals surface area contributed by atoms with Gasteiger partial charge < -0.3 is 51.9 Å². The molecule has 5 aliphatic heterocycles. The van der Waals surface area contributed by atoms with Crippen molar-refractivity contribution < 1.29 is 38.1 Å². The molecule has 0 aromatic carbocycles. The molecule has 24 nitrogen and oxygen atoms in total. The Hall–Kier alpha value is -6.12. The Labute approximate surface area is 446 Å². The van der Waals surface area contributed by atoms with E-state index in [1.807, 2.05) is 0 Å². The summed E-state index contributed by atoms with van der Waals surface area (Å²) < 4.78 is 20.6. The standard InChI is InChI=1S/C16H17ClN6O2.C12H15ClN4O2.C8H9Cl2N3O2.C6H13NO.C4H4N2O/c17-13-12-10(7-11-19-3-4-20-11)15(24)23(14(12)22-16(18)21-13)8-9-1-5-25-6-2-9;13-10-8-5-9(18)17(11(8)16-12(14)15-10)6-7-1-3-19-4-2-7;1-2-15-5(14)3-4-6(9)12-8(11)13-7(4)10;7-5-6-1-3-8-4-2-6;7-3-4-5-1-2-6-4/h3-4,7,9H,1-2,5-6,8H2,(H,19,20)(H2,18,21,22);7H,1-6H2,(H2,14,15,16);2-3H2,1H3,(H2,11,12,13);6H,1-5,7H2;1-3H,(H,5,6)/b10-7-;;;;. The molecular formula is C46H58Cl4N16O8. The number of nitrogens with two attached hydrogens (primary N) is 4. The number of nitrogens with one attached hydrogen (secondary N) is 2. The molecule has 10 N–H and O–H groups in total. The number of H-pyrrole nitrogens is 2. The maximum Gasteiger partial charge on any atom is 0.310 e. The predicted octanol–water partition coefficient (Wildman–Crippen LogP) is 4.84. The van der Waals surface area contributed by atoms with Gasteiger partial charge in [-0.1, -0.05) is 46.4 Å². The normalized spacial score (nSPS) is 17.1. The minimum absolute atomic E-state index is 0.0169. The fourth-order valence-corrected chi connectivity index (χ4v) is 9.09. The van der Waals surface area contributed by atoms with Crippen LogP contribution in [0.15, 0.2) is 24.8 Å². The zero-order valence-electron chi connectivity index (χ0n) is 40.5. The summed E-state index contributed by atoms with van der Waals surface area (Å²) in [5, 5.41) is 0.592. The fraction of sp³-hybridized carbons (Fsp3) is 0.478. The van der Waals surface area contributed by atoms with E-state index in [9.17, 15) is 19.2 Å². The summed E-state index contributed by atoms with van der Waals surface area (Å²) in [5.74, 6) is 3.06. The Bertz CT molecular complexity index is 2660. The Morgan fingerprint density at radius 3 is 1.68 bits per heavy atom. The number of imidazole rings is 2. The number of carbonyl (C=O) groups is 4. The molecule has 398 valence electrons. The van der Waals surface area contributed by atoms with Gasteiger partial charge in [0.05, 0.1) is 30.6 Å². The number of anilines is 5. The van der Waals surface area contributed by atoms with Gasteiger partial charge in [0.25, 0.3) is 5.91 Å². The molecule has 10 heterocycles. The lowest BCUT2D eigenvalue weighted by Gasteiger charge is -2.26. The average Bonchev–Trinajstić information content (AvgIpc) is 4.22. The number of nitrogens with zero attached hydrogens (tertiary/aromatic N) is 10. The molecule has 5 aliphatic rings. The number of amides is 2. The molecule has 3 fully saturated rings. The number of nitrogen functional groups attached to an aromatic ring is 3. The third-order valence-electron chi connectivity index (χ3n) is 11.9. The van der Waals surface area contributed by atoms with Crippen molar-refractivity contribution in [3.8, 4) is 0 Å². The number of hydrogen-bond acceptors (Lipinski definition) is 20. The van der Waals surface area contributed by atoms with Crippen molar-refractivity contribution >= 4 is 112 Å². The fourth-order valence-electron chi connectivity index (χ4n) is 8.05. The largest absolute Gasteiger partial charge is 0.466 e. The second kappa shape index (κ2) is 28.5. The van der Waals surface area contributed by atoms with Crippen molar-refractivity contribution in [2.24, 2.45) is 23.5 Å². The van der Waals surface area contributed by atoms with Gasteiger partial charge in [0.15, 0.2) is 17.9 Å². The minimum atomic E-state index is -0.435. The summed E-state index contributed by atoms with van der Waals surface area (Å²) >= 11 is 23.8. The van der Waals surface area contributed by atoms with E-state index in [1.165, 1.54) is 6.20 Å². The van der Waals surface area contributed by atoms with Crippen molar-refractivity contribution in [2.75, 3.05) is 92.9 Å². The number of ether oxygens (including phenoxy) is 4. The number of aldehydes is 1. The topological polar surface area (TPSA) is 350 Å². The molecular weight excluding hydrogens is 1050 g/mol. The van der Waals surface area contributed by atoms with E-state index in [2.05, 4.69) is 49.8 Å². The van der Waals surface area contributed by atoms with E-state index in [0.717, 1.165) is 77.4 Å². The van der Waals surface area contributed by atoms with Gasteiger partial charge in [0, 0.05) is 88.6 Å². The molecule has 0 radical (unpaired) electrons. The van der Waals surface area contributed by atoms with Crippen LogP contribution in [0.5, 0.6) is 0 Å². The van der Waals surface area contributed by atoms with Crippen molar-refractivity contribution in [2.45, 2.75) is 58.3 Å². The monoisotopic (exact) mass is 1100 g/mol. The zero-order valence-corrected chi connectivity index (χ0v) is 43.5. The van der Waals surface area contributed by atoms with Crippen LogP contribution >= 0.6 is 46.4 Å². The van der Waals surface area contributed by atoms with E-state index in [4.69, 9.17) is 88.3 Å². The summed E-state index contributed by atoms with van der Waals surface area (Å²) in [6.45, 7) is 8.82. The van der Waals surface area contributed by atoms with Gasteiger partial charge in [0.2, 0.25) is 23.8 Å². The first-order valence-corrected chi connectivity index (χ1v) is 25.2. The highest BCUT2D eigenvalue weighted by molar-refractivity contribution is 6.41. The third-order valence-corrected chi connectivity index (χ3v) is 13.1. The first kappa shape index (κ1) is 57.2. The van der Waals surface area contributed by atoms with Crippen molar-refractivity contribution in [1.82, 2.24) is 49.8 Å². The lowest BCUT2D eigenvalue weighted by Crippen LogP contribution is -2.35. The van der Waals surface area contributed by atoms with Crippen LogP contribution in [0.25, 0.3) is 11.6 Å². The van der Waals surface area contributed by atoms with Crippen LogP contribution in [0.2, 0.25) is 20.6 Å². The number of halogens is 4. The Morgan fingerprint density at radius 1 is 0.703 bits per heavy atom. The zero-order chi connectivity index (χ0) is 53.1. The molecule has 28 heteroatoms. The van der Waals surface area contributed by atoms with Crippen LogP contribution in [0.3, 0.4) is 0 Å². The summed E-state index contributed by atoms with van der Waals surface area (Å²) in [7, 11) is 0. The van der Waals surface area contributed by atoms with Crippen LogP contribution in [0, 0.1) is 17.8 Å². The summed E-state index contributed by atoms with van der Waals surface area (Å²) in [6, 6.07) is 0. The Kier molecular flexibility index (Phi) is 22.0. The molecule has 3 saturated heterocycles. The summed E-state index contributed by atoms with van der Waals surface area (Å²) in [4.78, 5) is 86.5. The quantitative estimate of drug-likeness (QED) is 0.0471. The minimum Gasteiger partial charge on any atom is -0.466 e. The van der Waals surface area contributed by atoms with Crippen molar-refractivity contribution in [1.29, 1.82) is 0 Å². The smallest absolute Gasteiger partial charge is 0.310 e. The van der Waals surface area contributed by atoms with Gasteiger partial charge in [-0.3, -0.25) is 29.0 Å². The van der Waals surface area contributed by atoms with E-state index in [-0.39, 0.29) is 63.1 Å². The van der Waals surface area contributed by atoms with Gasteiger partial charge in [-0.05, 0) is 75.8 Å². The second-order valence-electron chi connectivity index (χ2n) is 17.0. The van der Waals surface area contributed by atoms with Crippen LogP contribution < -0.4 is 32.7 Å². The molecule has 5 aromatic heterocycles. The van der Waals surface area contributed by atoms with E-state index in [0.29, 0.717) is 96.6 Å². The highest BCUT2D eigenvalue weighted by atomic mass is 35.5. The Balaban J connectivity index is 0.000000162. The van der Waals surface area contributed by atoms with E-state index in [1.54, 1.807) is 41.4 Å². The number of hydrogen-bond donors (Lipinski definition) is 6. The first-order valence-electron chi connectivity index (χ1n) is 23.7. The van der Waals surface area contributed by atoms with Crippen LogP contribution in [-0.4, -0.2) is 140 Å². The lowest BCUT2D eigenvalue weighted by atomic mass is 10.00. The van der Waals surface area contributed by atoms with Gasteiger partial charge >= 0.3 is 5.97 Å². The van der Waals surface area contributed by atoms with Gasteiger partial charge in [-0.2, -0.15) is 9.97 Å². The maximum absolute atomic E-state index is 13.0. The van der Waals surface area contributed by atoms with Gasteiger partial charge in [-0.15, -0.1) is 0 Å². The van der Waals surface area contributed by atoms with Crippen LogP contribution in [-0.2, 0) is 46.2 Å². The maximum atomic E-state index is 13.0. The number of rotatable bonds is 10. The summed E-state index contributed by atoms with van der Waals surface area (Å²) in [6.07, 6.45) is 15.0. The van der Waals surface area contributed by atoms with Gasteiger partial charge in [0.1, 0.15) is 32.3 Å². The van der Waals surface area contributed by atoms with Crippen molar-refractivity contribution in [3.05, 3.63) is 73.7 Å². The molecule has 10 rings (SSSR count). The number of aromatic nitrogens is 10. The highest BCUT2D eigenvalue weighted by Gasteiger charge is 2.38. The molecule has 0 saturated carbocycles. The third kappa shape index (κ3) is 16.2. The number of aromatic amines is 2. The highest BCUT2D eigenvalue weighted by Crippen LogP contribution is 2.41. The molecule has 5 aromatic rings. The van der Waals surface area contributed by atoms with Gasteiger partial charge in [-0.25, -0.2) is 29.9 Å². The number of fused-ring (bicyclic) bond motifs is 2. The molecule has 0 spiro atoms. The Morgan fingerprint density at radius 2 is 1.19 bits per heavy atom. The van der Waals surface area contributed by atoms with Crippen molar-refractivity contribution in [3.63, 3.8) is 0 Å². The average molecular weight is 1100 g/mol. The van der Waals surface area contributed by atoms with Crippen LogP contribution in [0.4, 0.5) is 29.5 Å².